The van der Waals surface area contributed by atoms with Crippen LogP contribution in [0.4, 0.5) is 4.39 Å². The minimum atomic E-state index is -0.305. The highest BCUT2D eigenvalue weighted by molar-refractivity contribution is 5.76. The van der Waals surface area contributed by atoms with Crippen molar-refractivity contribution in [2.45, 2.75) is 12.6 Å². The highest BCUT2D eigenvalue weighted by Crippen LogP contribution is 2.22. The third-order valence-electron chi connectivity index (χ3n) is 3.87. The van der Waals surface area contributed by atoms with Crippen molar-refractivity contribution < 1.29 is 13.9 Å². The van der Waals surface area contributed by atoms with E-state index in [1.54, 1.807) is 35.4 Å². The van der Waals surface area contributed by atoms with Crippen LogP contribution in [0.3, 0.4) is 0 Å². The normalized spacial score (nSPS) is 18.0. The molecule has 1 aromatic carbocycles. The molecule has 120 valence electrons. The second-order valence-electron chi connectivity index (χ2n) is 5.42. The van der Waals surface area contributed by atoms with Gasteiger partial charge in [0, 0.05) is 18.8 Å². The first-order chi connectivity index (χ1) is 11.1. The van der Waals surface area contributed by atoms with E-state index in [4.69, 9.17) is 4.74 Å². The topological polar surface area (TPSA) is 51.5 Å². The predicted octanol–water partition coefficient (Wildman–Crippen LogP) is 1.59. The van der Waals surface area contributed by atoms with E-state index in [-0.39, 0.29) is 29.9 Å². The van der Waals surface area contributed by atoms with Gasteiger partial charge in [-0.2, -0.15) is 0 Å². The quantitative estimate of drug-likeness (QED) is 0.864. The van der Waals surface area contributed by atoms with E-state index >= 15 is 0 Å². The Morgan fingerprint density at radius 2 is 2.00 bits per heavy atom. The zero-order valence-electron chi connectivity index (χ0n) is 12.5. The highest BCUT2D eigenvalue weighted by atomic mass is 19.1. The number of ether oxygens (including phenoxy) is 1. The van der Waals surface area contributed by atoms with Crippen molar-refractivity contribution in [1.82, 2.24) is 9.47 Å². The first-order valence-electron chi connectivity index (χ1n) is 7.44. The van der Waals surface area contributed by atoms with Crippen LogP contribution >= 0.6 is 0 Å². The van der Waals surface area contributed by atoms with E-state index in [0.29, 0.717) is 19.7 Å². The maximum Gasteiger partial charge on any atom is 0.250 e. The summed E-state index contributed by atoms with van der Waals surface area (Å²) in [4.78, 5) is 25.8. The Kier molecular flexibility index (Phi) is 4.52. The number of amides is 1. The summed E-state index contributed by atoms with van der Waals surface area (Å²) in [7, 11) is 0. The molecule has 1 aromatic heterocycles. The summed E-state index contributed by atoms with van der Waals surface area (Å²) in [5.41, 5.74) is 0.630. The SMILES string of the molecule is O=C(Cn1ccccc1=O)N1CCOC(c2ccc(F)cc2)C1. The summed E-state index contributed by atoms with van der Waals surface area (Å²) in [6.45, 7) is 1.30. The summed E-state index contributed by atoms with van der Waals surface area (Å²) in [6, 6.07) is 10.9. The van der Waals surface area contributed by atoms with Gasteiger partial charge in [-0.05, 0) is 23.8 Å². The lowest BCUT2D eigenvalue weighted by Crippen LogP contribution is -2.44. The average Bonchev–Trinajstić information content (AvgIpc) is 2.58. The van der Waals surface area contributed by atoms with Crippen molar-refractivity contribution in [3.8, 4) is 0 Å². The molecule has 0 bridgehead atoms. The predicted molar refractivity (Wildman–Crippen MR) is 82.4 cm³/mol. The van der Waals surface area contributed by atoms with Crippen LogP contribution in [0.2, 0.25) is 0 Å². The van der Waals surface area contributed by atoms with Crippen LogP contribution in [0.5, 0.6) is 0 Å². The van der Waals surface area contributed by atoms with Gasteiger partial charge in [0.15, 0.2) is 0 Å². The standard InChI is InChI=1S/C17H17FN2O3/c18-14-6-4-13(5-7-14)15-11-20(9-10-23-15)17(22)12-19-8-2-1-3-16(19)21/h1-8,15H,9-12H2. The zero-order valence-corrected chi connectivity index (χ0v) is 12.5. The first-order valence-corrected chi connectivity index (χ1v) is 7.44. The van der Waals surface area contributed by atoms with Gasteiger partial charge in [0.25, 0.3) is 5.56 Å². The summed E-state index contributed by atoms with van der Waals surface area (Å²) in [6.07, 6.45) is 1.32. The van der Waals surface area contributed by atoms with Crippen molar-refractivity contribution in [3.05, 3.63) is 70.4 Å². The van der Waals surface area contributed by atoms with E-state index in [1.165, 1.54) is 22.8 Å². The summed E-state index contributed by atoms with van der Waals surface area (Å²) < 4.78 is 20.1. The molecule has 1 saturated heterocycles. The number of aromatic nitrogens is 1. The van der Waals surface area contributed by atoms with Gasteiger partial charge in [0.1, 0.15) is 18.5 Å². The third-order valence-corrected chi connectivity index (χ3v) is 3.87. The monoisotopic (exact) mass is 316 g/mol. The molecule has 3 rings (SSSR count). The smallest absolute Gasteiger partial charge is 0.250 e. The highest BCUT2D eigenvalue weighted by Gasteiger charge is 2.25. The van der Waals surface area contributed by atoms with Crippen LogP contribution in [0.15, 0.2) is 53.5 Å². The number of nitrogens with zero attached hydrogens (tertiary/aromatic N) is 2. The molecule has 0 spiro atoms. The van der Waals surface area contributed by atoms with Crippen LogP contribution in [-0.4, -0.2) is 35.1 Å². The van der Waals surface area contributed by atoms with Crippen LogP contribution in [0.1, 0.15) is 11.7 Å². The van der Waals surface area contributed by atoms with Crippen LogP contribution < -0.4 is 5.56 Å². The number of carbonyl (C=O) groups is 1. The first kappa shape index (κ1) is 15.4. The van der Waals surface area contributed by atoms with Crippen molar-refractivity contribution in [2.75, 3.05) is 19.7 Å². The number of morpholine rings is 1. The molecule has 0 radical (unpaired) electrons. The molecule has 1 aliphatic heterocycles. The fourth-order valence-corrected chi connectivity index (χ4v) is 2.59. The Bertz CT molecular complexity index is 742. The number of rotatable bonds is 3. The van der Waals surface area contributed by atoms with Crippen molar-refractivity contribution in [1.29, 1.82) is 0 Å². The van der Waals surface area contributed by atoms with Gasteiger partial charge >= 0.3 is 0 Å². The Balaban J connectivity index is 1.68. The molecule has 5 nitrogen and oxygen atoms in total. The molecule has 1 amide bonds. The second kappa shape index (κ2) is 6.75. The van der Waals surface area contributed by atoms with Gasteiger partial charge in [-0.15, -0.1) is 0 Å². The molecule has 0 aliphatic carbocycles. The third kappa shape index (κ3) is 3.65. The number of hydrogen-bond acceptors (Lipinski definition) is 3. The molecule has 6 heteroatoms. The van der Waals surface area contributed by atoms with Gasteiger partial charge in [0.05, 0.1) is 13.2 Å². The maximum atomic E-state index is 13.0. The van der Waals surface area contributed by atoms with E-state index < -0.39 is 0 Å². The molecule has 1 atom stereocenters. The summed E-state index contributed by atoms with van der Waals surface area (Å²) >= 11 is 0. The largest absolute Gasteiger partial charge is 0.370 e. The van der Waals surface area contributed by atoms with E-state index in [1.807, 2.05) is 0 Å². The fraction of sp³-hybridized carbons (Fsp3) is 0.294. The van der Waals surface area contributed by atoms with Crippen molar-refractivity contribution >= 4 is 5.91 Å². The second-order valence-corrected chi connectivity index (χ2v) is 5.42. The van der Waals surface area contributed by atoms with Crippen molar-refractivity contribution in [3.63, 3.8) is 0 Å². The van der Waals surface area contributed by atoms with Gasteiger partial charge < -0.3 is 14.2 Å². The van der Waals surface area contributed by atoms with Crippen molar-refractivity contribution in [2.24, 2.45) is 0 Å². The minimum absolute atomic E-state index is 0.00973. The van der Waals surface area contributed by atoms with Crippen LogP contribution in [-0.2, 0) is 16.1 Å². The van der Waals surface area contributed by atoms with Crippen LogP contribution in [0, 0.1) is 5.82 Å². The number of hydrogen-bond donors (Lipinski definition) is 0. The number of halogens is 1. The zero-order chi connectivity index (χ0) is 16.2. The lowest BCUT2D eigenvalue weighted by atomic mass is 10.1. The molecule has 23 heavy (non-hydrogen) atoms. The number of pyridine rings is 1. The van der Waals surface area contributed by atoms with Gasteiger partial charge in [-0.25, -0.2) is 4.39 Å². The molecule has 0 N–H and O–H groups in total. The van der Waals surface area contributed by atoms with Gasteiger partial charge in [-0.3, -0.25) is 9.59 Å². The Hall–Kier alpha value is -2.47. The molecule has 2 heterocycles. The fourth-order valence-electron chi connectivity index (χ4n) is 2.59. The summed E-state index contributed by atoms with van der Waals surface area (Å²) in [5, 5.41) is 0. The van der Waals surface area contributed by atoms with Gasteiger partial charge in [-0.1, -0.05) is 18.2 Å². The molecular weight excluding hydrogens is 299 g/mol. The Labute approximate surface area is 132 Å². The molecule has 1 unspecified atom stereocenters. The van der Waals surface area contributed by atoms with E-state index in [2.05, 4.69) is 0 Å². The van der Waals surface area contributed by atoms with Crippen LogP contribution in [0.25, 0.3) is 0 Å². The average molecular weight is 316 g/mol. The molecule has 1 aliphatic rings. The number of benzene rings is 1. The van der Waals surface area contributed by atoms with Gasteiger partial charge in [0.2, 0.25) is 5.91 Å². The molecule has 1 fully saturated rings. The molecule has 2 aromatic rings. The van der Waals surface area contributed by atoms with E-state index in [0.717, 1.165) is 5.56 Å². The maximum absolute atomic E-state index is 13.0. The molecule has 0 saturated carbocycles. The summed E-state index contributed by atoms with van der Waals surface area (Å²) in [5.74, 6) is -0.436. The molecular formula is C17H17FN2O3. The number of carbonyl (C=O) groups excluding carboxylic acids is 1. The lowest BCUT2D eigenvalue weighted by Gasteiger charge is -2.33. The minimum Gasteiger partial charge on any atom is -0.370 e. The Morgan fingerprint density at radius 3 is 2.74 bits per heavy atom. The lowest BCUT2D eigenvalue weighted by molar-refractivity contribution is -0.139. The van der Waals surface area contributed by atoms with E-state index in [9.17, 15) is 14.0 Å². The Morgan fingerprint density at radius 1 is 1.22 bits per heavy atom.